The maximum atomic E-state index is 12.3. The highest BCUT2D eigenvalue weighted by atomic mass is 16.5. The van der Waals surface area contributed by atoms with Crippen molar-refractivity contribution in [1.29, 1.82) is 0 Å². The van der Waals surface area contributed by atoms with E-state index in [9.17, 15) is 14.4 Å². The number of hydrogen-bond acceptors (Lipinski definition) is 5. The molecule has 0 unspecified atom stereocenters. The van der Waals surface area contributed by atoms with E-state index in [0.29, 0.717) is 22.6 Å². The molecule has 2 rings (SSSR count). The minimum Gasteiger partial charge on any atom is -0.493 e. The number of ether oxygens (including phenoxy) is 1. The van der Waals surface area contributed by atoms with Gasteiger partial charge in [0.25, 0.3) is 0 Å². The third-order valence-corrected chi connectivity index (χ3v) is 3.01. The molecule has 0 bridgehead atoms. The smallest absolute Gasteiger partial charge is 0.306 e. The van der Waals surface area contributed by atoms with E-state index in [1.807, 2.05) is 0 Å². The number of carbonyl (C=O) groups excluding carboxylic acids is 2. The largest absolute Gasteiger partial charge is 0.493 e. The van der Waals surface area contributed by atoms with Crippen LogP contribution in [0.4, 0.5) is 5.69 Å². The Balaban J connectivity index is 2.04. The van der Waals surface area contributed by atoms with Gasteiger partial charge >= 0.3 is 5.97 Å². The van der Waals surface area contributed by atoms with E-state index in [-0.39, 0.29) is 18.8 Å². The zero-order chi connectivity index (χ0) is 16.7. The van der Waals surface area contributed by atoms with Crippen molar-refractivity contribution in [3.8, 4) is 5.75 Å². The summed E-state index contributed by atoms with van der Waals surface area (Å²) in [6, 6.07) is 12.7. The van der Waals surface area contributed by atoms with Crippen LogP contribution < -0.4 is 4.74 Å². The normalized spacial score (nSPS) is 9.74. The number of carboxylic acids is 1. The average molecular weight is 311 g/mol. The van der Waals surface area contributed by atoms with Crippen molar-refractivity contribution in [2.75, 3.05) is 6.61 Å². The second-order valence-corrected chi connectivity index (χ2v) is 4.60. The quantitative estimate of drug-likeness (QED) is 0.482. The van der Waals surface area contributed by atoms with E-state index < -0.39 is 5.97 Å². The van der Waals surface area contributed by atoms with Gasteiger partial charge in [-0.25, -0.2) is 4.79 Å². The summed E-state index contributed by atoms with van der Waals surface area (Å²) >= 11 is 0. The molecule has 0 heterocycles. The summed E-state index contributed by atoms with van der Waals surface area (Å²) in [6.45, 7) is 0.0708. The van der Waals surface area contributed by atoms with Crippen LogP contribution in [-0.4, -0.2) is 29.5 Å². The van der Waals surface area contributed by atoms with Gasteiger partial charge in [-0.05, 0) is 48.5 Å². The molecule has 0 saturated heterocycles. The molecular weight excluding hydrogens is 298 g/mol. The summed E-state index contributed by atoms with van der Waals surface area (Å²) < 4.78 is 5.26. The number of ketones is 1. The summed E-state index contributed by atoms with van der Waals surface area (Å²) in [5.41, 5.74) is 1.37. The average Bonchev–Trinajstić information content (AvgIpc) is 2.55. The monoisotopic (exact) mass is 311 g/mol. The van der Waals surface area contributed by atoms with Crippen molar-refractivity contribution < 1.29 is 24.2 Å². The molecule has 116 valence electrons. The van der Waals surface area contributed by atoms with Crippen LogP contribution in [-0.2, 0) is 9.59 Å². The number of carboxylic acid groups (broad SMARTS) is 1. The first-order chi connectivity index (χ1) is 11.1. The third kappa shape index (κ3) is 4.62. The predicted molar refractivity (Wildman–Crippen MR) is 81.8 cm³/mol. The molecule has 2 aromatic carbocycles. The van der Waals surface area contributed by atoms with E-state index in [4.69, 9.17) is 9.84 Å². The molecule has 0 saturated carbocycles. The fraction of sp³-hybridized carbons (Fsp3) is 0.118. The number of benzene rings is 2. The molecule has 6 nitrogen and oxygen atoms in total. The Hall–Kier alpha value is -3.24. The SMILES string of the molecule is O=C=Nc1ccc(C(=O)c2ccc(OCCC(=O)O)cc2)cc1. The number of nitrogens with zero attached hydrogens (tertiary/aromatic N) is 1. The van der Waals surface area contributed by atoms with Gasteiger partial charge < -0.3 is 9.84 Å². The van der Waals surface area contributed by atoms with Crippen molar-refractivity contribution in [3.05, 3.63) is 59.7 Å². The lowest BCUT2D eigenvalue weighted by Crippen LogP contribution is -2.05. The summed E-state index contributed by atoms with van der Waals surface area (Å²) in [5, 5.41) is 8.54. The standard InChI is InChI=1S/C17H13NO5/c19-11-18-14-5-1-12(2-6-14)17(22)13-3-7-15(8-4-13)23-10-9-16(20)21/h1-8H,9-10H2,(H,20,21). The number of carbonyl (C=O) groups is 2. The molecule has 1 N–H and O–H groups in total. The summed E-state index contributed by atoms with van der Waals surface area (Å²) in [6.07, 6.45) is 1.35. The molecule has 2 aromatic rings. The van der Waals surface area contributed by atoms with Crippen molar-refractivity contribution in [2.45, 2.75) is 6.42 Å². The van der Waals surface area contributed by atoms with E-state index in [1.54, 1.807) is 48.5 Å². The number of rotatable bonds is 7. The summed E-state index contributed by atoms with van der Waals surface area (Å²) in [7, 11) is 0. The molecule has 23 heavy (non-hydrogen) atoms. The Morgan fingerprint density at radius 1 is 1.00 bits per heavy atom. The Morgan fingerprint density at radius 3 is 2.09 bits per heavy atom. The maximum Gasteiger partial charge on any atom is 0.306 e. The highest BCUT2D eigenvalue weighted by Gasteiger charge is 2.09. The van der Waals surface area contributed by atoms with Gasteiger partial charge in [0.15, 0.2) is 5.78 Å². The maximum absolute atomic E-state index is 12.3. The second-order valence-electron chi connectivity index (χ2n) is 4.60. The molecular formula is C17H13NO5. The Labute approximate surface area is 132 Å². The molecule has 0 amide bonds. The lowest BCUT2D eigenvalue weighted by molar-refractivity contribution is -0.137. The molecule has 0 aliphatic heterocycles. The van der Waals surface area contributed by atoms with Gasteiger partial charge in [-0.15, -0.1) is 0 Å². The van der Waals surface area contributed by atoms with Crippen LogP contribution >= 0.6 is 0 Å². The molecule has 6 heteroatoms. The van der Waals surface area contributed by atoms with Crippen LogP contribution in [0.3, 0.4) is 0 Å². The number of aliphatic carboxylic acids is 1. The van der Waals surface area contributed by atoms with E-state index in [2.05, 4.69) is 4.99 Å². The van der Waals surface area contributed by atoms with Crippen LogP contribution in [0.25, 0.3) is 0 Å². The van der Waals surface area contributed by atoms with E-state index >= 15 is 0 Å². The summed E-state index contributed by atoms with van der Waals surface area (Å²) in [5.74, 6) is -0.610. The van der Waals surface area contributed by atoms with Crippen molar-refractivity contribution in [2.24, 2.45) is 4.99 Å². The zero-order valence-corrected chi connectivity index (χ0v) is 12.1. The Morgan fingerprint density at radius 2 is 1.57 bits per heavy atom. The first-order valence-corrected chi connectivity index (χ1v) is 6.77. The molecule has 0 fully saturated rings. The topological polar surface area (TPSA) is 93.0 Å². The van der Waals surface area contributed by atoms with E-state index in [0.717, 1.165) is 0 Å². The summed E-state index contributed by atoms with van der Waals surface area (Å²) in [4.78, 5) is 36.3. The highest BCUT2D eigenvalue weighted by Crippen LogP contribution is 2.18. The van der Waals surface area contributed by atoms with Crippen LogP contribution in [0.15, 0.2) is 53.5 Å². The van der Waals surface area contributed by atoms with Gasteiger partial charge in [0, 0.05) is 11.1 Å². The molecule has 0 radical (unpaired) electrons. The molecule has 0 aromatic heterocycles. The van der Waals surface area contributed by atoms with Gasteiger partial charge in [0.2, 0.25) is 6.08 Å². The highest BCUT2D eigenvalue weighted by molar-refractivity contribution is 6.09. The Bertz CT molecular complexity index is 744. The second kappa shape index (κ2) is 7.68. The van der Waals surface area contributed by atoms with Crippen LogP contribution in [0, 0.1) is 0 Å². The Kier molecular flexibility index (Phi) is 5.39. The molecule has 0 atom stereocenters. The van der Waals surface area contributed by atoms with Gasteiger partial charge in [0.05, 0.1) is 18.7 Å². The molecule has 0 spiro atoms. The fourth-order valence-corrected chi connectivity index (χ4v) is 1.87. The zero-order valence-electron chi connectivity index (χ0n) is 12.1. The molecule has 0 aliphatic rings. The first-order valence-electron chi connectivity index (χ1n) is 6.77. The van der Waals surface area contributed by atoms with Gasteiger partial charge in [-0.3, -0.25) is 9.59 Å². The minimum atomic E-state index is -0.931. The minimum absolute atomic E-state index is 0.0708. The fourth-order valence-electron chi connectivity index (χ4n) is 1.87. The lowest BCUT2D eigenvalue weighted by atomic mass is 10.0. The van der Waals surface area contributed by atoms with Crippen molar-refractivity contribution >= 4 is 23.5 Å². The van der Waals surface area contributed by atoms with Crippen LogP contribution in [0.2, 0.25) is 0 Å². The van der Waals surface area contributed by atoms with Crippen molar-refractivity contribution in [3.63, 3.8) is 0 Å². The molecule has 0 aliphatic carbocycles. The lowest BCUT2D eigenvalue weighted by Gasteiger charge is -2.06. The van der Waals surface area contributed by atoms with E-state index in [1.165, 1.54) is 6.08 Å². The van der Waals surface area contributed by atoms with Crippen LogP contribution in [0.1, 0.15) is 22.3 Å². The predicted octanol–water partition coefficient (Wildman–Crippen LogP) is 2.74. The van der Waals surface area contributed by atoms with Gasteiger partial charge in [-0.1, -0.05) is 0 Å². The number of hydrogen-bond donors (Lipinski definition) is 1. The third-order valence-electron chi connectivity index (χ3n) is 3.01. The van der Waals surface area contributed by atoms with Crippen molar-refractivity contribution in [1.82, 2.24) is 0 Å². The number of isocyanates is 1. The van der Waals surface area contributed by atoms with Crippen LogP contribution in [0.5, 0.6) is 5.75 Å². The van der Waals surface area contributed by atoms with Gasteiger partial charge in [0.1, 0.15) is 5.75 Å². The van der Waals surface area contributed by atoms with Gasteiger partial charge in [-0.2, -0.15) is 4.99 Å². The number of aliphatic imine (C=N–C) groups is 1. The first kappa shape index (κ1) is 16.1.